The van der Waals surface area contributed by atoms with Crippen molar-refractivity contribution in [1.29, 1.82) is 0 Å². The summed E-state index contributed by atoms with van der Waals surface area (Å²) in [5, 5.41) is 6.96. The number of pyridine rings is 1. The number of carbonyl (C=O) groups excluding carboxylic acids is 1. The number of fused-ring (bicyclic) bond motifs is 1. The van der Waals surface area contributed by atoms with E-state index >= 15 is 0 Å². The van der Waals surface area contributed by atoms with Crippen molar-refractivity contribution in [3.63, 3.8) is 0 Å². The maximum Gasteiger partial charge on any atom is 0.129 e. The molecule has 1 fully saturated rings. The molecule has 154 valence electrons. The average Bonchev–Trinajstić information content (AvgIpc) is 3.56. The van der Waals surface area contributed by atoms with Gasteiger partial charge in [0.05, 0.1) is 0 Å². The van der Waals surface area contributed by atoms with E-state index in [9.17, 15) is 4.79 Å². The molecule has 4 nitrogen and oxygen atoms in total. The molecule has 1 aromatic rings. The van der Waals surface area contributed by atoms with Crippen molar-refractivity contribution in [1.82, 2.24) is 10.3 Å². The Kier molecular flexibility index (Phi) is 16.6. The number of aromatic nitrogens is 1. The normalized spacial score (nSPS) is 13.9. The number of hydrogen-bond acceptors (Lipinski definition) is 4. The summed E-state index contributed by atoms with van der Waals surface area (Å²) < 4.78 is 0. The molecular formula is C23H41N3O. The monoisotopic (exact) mass is 375 g/mol. The lowest BCUT2D eigenvalue weighted by Crippen LogP contribution is -2.17. The van der Waals surface area contributed by atoms with Gasteiger partial charge in [0.25, 0.3) is 0 Å². The van der Waals surface area contributed by atoms with E-state index in [-0.39, 0.29) is 0 Å². The number of hydrogen-bond donors (Lipinski definition) is 2. The van der Waals surface area contributed by atoms with Crippen LogP contribution in [0.3, 0.4) is 0 Å². The highest BCUT2D eigenvalue weighted by Gasteiger charge is 2.19. The number of aldehydes is 1. The van der Waals surface area contributed by atoms with Gasteiger partial charge in [-0.1, -0.05) is 26.8 Å². The quantitative estimate of drug-likeness (QED) is 0.366. The fourth-order valence-corrected chi connectivity index (χ4v) is 2.65. The number of carbonyl (C=O) groups is 1. The van der Waals surface area contributed by atoms with Gasteiger partial charge in [-0.15, -0.1) is 13.2 Å². The zero-order valence-corrected chi connectivity index (χ0v) is 17.9. The van der Waals surface area contributed by atoms with Gasteiger partial charge in [-0.2, -0.15) is 0 Å². The van der Waals surface area contributed by atoms with Crippen LogP contribution in [0.5, 0.6) is 0 Å². The molecule has 1 aliphatic carbocycles. The Balaban J connectivity index is 0.000000646. The molecule has 4 heteroatoms. The summed E-state index contributed by atoms with van der Waals surface area (Å²) >= 11 is 0. The van der Waals surface area contributed by atoms with E-state index in [1.54, 1.807) is 0 Å². The van der Waals surface area contributed by atoms with E-state index in [0.29, 0.717) is 6.42 Å². The fourth-order valence-electron chi connectivity index (χ4n) is 2.65. The van der Waals surface area contributed by atoms with Gasteiger partial charge in [0, 0.05) is 24.7 Å². The van der Waals surface area contributed by atoms with E-state index in [0.717, 1.165) is 37.5 Å². The highest BCUT2D eigenvalue weighted by atomic mass is 16.1. The Morgan fingerprint density at radius 1 is 1.26 bits per heavy atom. The van der Waals surface area contributed by atoms with Gasteiger partial charge in [-0.25, -0.2) is 4.98 Å². The fraction of sp³-hybridized carbons (Fsp3) is 0.652. The summed E-state index contributed by atoms with van der Waals surface area (Å²) in [7, 11) is 0. The van der Waals surface area contributed by atoms with Crippen molar-refractivity contribution in [2.75, 3.05) is 18.4 Å². The first kappa shape index (κ1) is 25.3. The van der Waals surface area contributed by atoms with Gasteiger partial charge in [-0.3, -0.25) is 0 Å². The van der Waals surface area contributed by atoms with Crippen LogP contribution < -0.4 is 10.6 Å². The van der Waals surface area contributed by atoms with Crippen molar-refractivity contribution in [2.24, 2.45) is 0 Å². The molecule has 0 spiro atoms. The molecule has 1 aliphatic heterocycles. The lowest BCUT2D eigenvalue weighted by atomic mass is 10.1. The first-order valence-corrected chi connectivity index (χ1v) is 10.7. The molecule has 0 aromatic carbocycles. The molecule has 2 heterocycles. The molecule has 0 unspecified atom stereocenters. The highest BCUT2D eigenvalue weighted by Crippen LogP contribution is 2.20. The smallest absolute Gasteiger partial charge is 0.129 e. The van der Waals surface area contributed by atoms with Gasteiger partial charge in [-0.05, 0) is 69.5 Å². The summed E-state index contributed by atoms with van der Waals surface area (Å²) in [6.45, 7) is 14.2. The van der Waals surface area contributed by atoms with Crippen LogP contribution in [-0.2, 0) is 17.6 Å². The van der Waals surface area contributed by atoms with Crippen LogP contribution in [-0.4, -0.2) is 30.4 Å². The van der Waals surface area contributed by atoms with Crippen LogP contribution in [0.4, 0.5) is 5.82 Å². The Morgan fingerprint density at radius 2 is 2.00 bits per heavy atom. The van der Waals surface area contributed by atoms with Gasteiger partial charge < -0.3 is 15.4 Å². The van der Waals surface area contributed by atoms with E-state index in [2.05, 4.69) is 35.9 Å². The zero-order chi connectivity index (χ0) is 20.3. The summed E-state index contributed by atoms with van der Waals surface area (Å²) in [4.78, 5) is 14.1. The number of anilines is 1. The first-order chi connectivity index (χ1) is 13.3. The molecule has 2 N–H and O–H groups in total. The summed E-state index contributed by atoms with van der Waals surface area (Å²) in [5.41, 5.74) is 2.63. The van der Waals surface area contributed by atoms with Crippen LogP contribution in [0.25, 0.3) is 0 Å². The summed E-state index contributed by atoms with van der Waals surface area (Å²) in [6.07, 6.45) is 11.4. The lowest BCUT2D eigenvalue weighted by Gasteiger charge is -2.17. The van der Waals surface area contributed by atoms with Crippen LogP contribution >= 0.6 is 0 Å². The third-order valence-corrected chi connectivity index (χ3v) is 4.23. The second-order valence-corrected chi connectivity index (χ2v) is 6.48. The van der Waals surface area contributed by atoms with Gasteiger partial charge in [0.15, 0.2) is 0 Å². The van der Waals surface area contributed by atoms with Crippen molar-refractivity contribution in [3.8, 4) is 0 Å². The highest BCUT2D eigenvalue weighted by molar-refractivity contribution is 5.48. The Hall–Kier alpha value is -1.68. The van der Waals surface area contributed by atoms with E-state index in [1.165, 1.54) is 56.3 Å². The van der Waals surface area contributed by atoms with Crippen LogP contribution in [0.1, 0.15) is 77.0 Å². The number of aryl methyl sites for hydroxylation is 2. The maximum atomic E-state index is 9.40. The van der Waals surface area contributed by atoms with Crippen LogP contribution in [0, 0.1) is 0 Å². The minimum atomic E-state index is 0.708. The zero-order valence-electron chi connectivity index (χ0n) is 17.9. The number of unbranched alkanes of at least 4 members (excludes halogenated alkanes) is 2. The Labute approximate surface area is 167 Å². The predicted octanol–water partition coefficient (Wildman–Crippen LogP) is 5.33. The molecule has 0 radical (unpaired) electrons. The van der Waals surface area contributed by atoms with E-state index in [1.807, 2.05) is 20.8 Å². The average molecular weight is 376 g/mol. The number of rotatable bonds is 8. The lowest BCUT2D eigenvalue weighted by molar-refractivity contribution is -0.107. The van der Waals surface area contributed by atoms with Crippen molar-refractivity contribution in [3.05, 3.63) is 36.5 Å². The molecule has 27 heavy (non-hydrogen) atoms. The third kappa shape index (κ3) is 12.4. The number of nitrogens with zero attached hydrogens (tertiary/aromatic N) is 1. The molecule has 1 saturated carbocycles. The SMILES string of the molecule is C=C.CC.CCCC=O.c1cc2c(nc1CCCCNC1CC1)NCCC2. The third-order valence-electron chi connectivity index (χ3n) is 4.23. The van der Waals surface area contributed by atoms with Gasteiger partial charge >= 0.3 is 0 Å². The molecule has 0 saturated heterocycles. The molecule has 2 aliphatic rings. The van der Waals surface area contributed by atoms with Gasteiger partial charge in [0.2, 0.25) is 0 Å². The second kappa shape index (κ2) is 17.7. The minimum Gasteiger partial charge on any atom is -0.370 e. The molecule has 0 atom stereocenters. The molecule has 0 amide bonds. The first-order valence-electron chi connectivity index (χ1n) is 10.7. The van der Waals surface area contributed by atoms with Crippen LogP contribution in [0.2, 0.25) is 0 Å². The predicted molar refractivity (Wildman–Crippen MR) is 119 cm³/mol. The van der Waals surface area contributed by atoms with Crippen molar-refractivity contribution in [2.45, 2.75) is 84.6 Å². The molecule has 1 aromatic heterocycles. The Bertz CT molecular complexity index is 487. The topological polar surface area (TPSA) is 54.0 Å². The van der Waals surface area contributed by atoms with Gasteiger partial charge in [0.1, 0.15) is 12.1 Å². The summed E-state index contributed by atoms with van der Waals surface area (Å²) in [5.74, 6) is 1.13. The second-order valence-electron chi connectivity index (χ2n) is 6.48. The maximum absolute atomic E-state index is 9.40. The van der Waals surface area contributed by atoms with Crippen molar-refractivity contribution >= 4 is 12.1 Å². The molecule has 3 rings (SSSR count). The minimum absolute atomic E-state index is 0.708. The van der Waals surface area contributed by atoms with Crippen molar-refractivity contribution < 1.29 is 4.79 Å². The van der Waals surface area contributed by atoms with E-state index in [4.69, 9.17) is 4.98 Å². The summed E-state index contributed by atoms with van der Waals surface area (Å²) in [6, 6.07) is 5.31. The Morgan fingerprint density at radius 3 is 2.59 bits per heavy atom. The number of nitrogens with one attached hydrogen (secondary N) is 2. The largest absolute Gasteiger partial charge is 0.370 e. The molecule has 0 bridgehead atoms. The van der Waals surface area contributed by atoms with E-state index < -0.39 is 0 Å². The standard InChI is InChI=1S/C15H23N3.C4H8O.C2H6.C2H4/c1(2-10-16-13-8-9-13)5-14-7-6-12-4-3-11-17-15(12)18-14;1-2-3-4-5;2*1-2/h6-7,13,16H,1-5,8-11H2,(H,17,18);4H,2-3H2,1H3;1-2H3;1-2H2. The molecular weight excluding hydrogens is 334 g/mol. The van der Waals surface area contributed by atoms with Crippen LogP contribution in [0.15, 0.2) is 25.3 Å².